The number of hydrogen-bond acceptors (Lipinski definition) is 3. The van der Waals surface area contributed by atoms with Crippen LogP contribution in [0.4, 0.5) is 11.4 Å². The lowest BCUT2D eigenvalue weighted by atomic mass is 10.0. The Morgan fingerprint density at radius 1 is 1.07 bits per heavy atom. The maximum atomic E-state index is 4.17. The smallest absolute Gasteiger partial charge is 0.0582 e. The van der Waals surface area contributed by atoms with E-state index in [4.69, 9.17) is 0 Å². The molecule has 1 aromatic carbocycles. The zero-order valence-electron chi connectivity index (χ0n) is 8.46. The van der Waals surface area contributed by atoms with Crippen LogP contribution in [0.15, 0.2) is 23.3 Å². The summed E-state index contributed by atoms with van der Waals surface area (Å²) in [5.74, 6) is 0. The molecule has 0 aromatic heterocycles. The maximum Gasteiger partial charge on any atom is 0.0582 e. The molecule has 3 rings (SSSR count). The van der Waals surface area contributed by atoms with Gasteiger partial charge >= 0.3 is 0 Å². The molecule has 0 amide bonds. The van der Waals surface area contributed by atoms with E-state index >= 15 is 0 Å². The van der Waals surface area contributed by atoms with Gasteiger partial charge in [-0.25, -0.2) is 0 Å². The molecular formula is C12H13N3. The van der Waals surface area contributed by atoms with Crippen molar-refractivity contribution in [2.75, 3.05) is 23.7 Å². The van der Waals surface area contributed by atoms with E-state index in [0.29, 0.717) is 0 Å². The molecule has 15 heavy (non-hydrogen) atoms. The van der Waals surface area contributed by atoms with Crippen LogP contribution in [-0.4, -0.2) is 19.3 Å². The van der Waals surface area contributed by atoms with Crippen molar-refractivity contribution in [2.45, 2.75) is 6.42 Å². The predicted molar refractivity (Wildman–Crippen MR) is 64.7 cm³/mol. The van der Waals surface area contributed by atoms with Gasteiger partial charge in [0.05, 0.1) is 11.4 Å². The summed E-state index contributed by atoms with van der Waals surface area (Å²) < 4.78 is 0. The molecule has 2 N–H and O–H groups in total. The minimum Gasteiger partial charge on any atom is -0.382 e. The highest BCUT2D eigenvalue weighted by Gasteiger charge is 2.11. The molecule has 0 saturated carbocycles. The van der Waals surface area contributed by atoms with Crippen LogP contribution in [0, 0.1) is 0 Å². The third-order valence-electron chi connectivity index (χ3n) is 2.79. The van der Waals surface area contributed by atoms with Crippen molar-refractivity contribution in [3.63, 3.8) is 0 Å². The van der Waals surface area contributed by atoms with Gasteiger partial charge in [-0.2, -0.15) is 0 Å². The molecule has 0 aliphatic carbocycles. The average Bonchev–Trinajstić information content (AvgIpc) is 2.50. The fraction of sp³-hybridized carbons (Fsp3) is 0.250. The lowest BCUT2D eigenvalue weighted by Crippen LogP contribution is -2.20. The Morgan fingerprint density at radius 2 is 1.87 bits per heavy atom. The second-order valence-electron chi connectivity index (χ2n) is 3.80. The van der Waals surface area contributed by atoms with Crippen LogP contribution in [0.25, 0.3) is 6.08 Å². The Bertz CT molecular complexity index is 446. The highest BCUT2D eigenvalue weighted by Crippen LogP contribution is 2.29. The third-order valence-corrected chi connectivity index (χ3v) is 2.79. The van der Waals surface area contributed by atoms with Crippen LogP contribution >= 0.6 is 0 Å². The molecule has 0 unspecified atom stereocenters. The Hall–Kier alpha value is -1.77. The van der Waals surface area contributed by atoms with E-state index in [1.807, 2.05) is 12.4 Å². The summed E-state index contributed by atoms with van der Waals surface area (Å²) in [6.45, 7) is 1.99. The van der Waals surface area contributed by atoms with Crippen molar-refractivity contribution < 1.29 is 0 Å². The Balaban J connectivity index is 2.11. The fourth-order valence-corrected chi connectivity index (χ4v) is 2.02. The summed E-state index contributed by atoms with van der Waals surface area (Å²) >= 11 is 0. The number of benzene rings is 1. The van der Waals surface area contributed by atoms with Gasteiger partial charge in [0.15, 0.2) is 0 Å². The number of rotatable bonds is 0. The van der Waals surface area contributed by atoms with E-state index in [1.54, 1.807) is 0 Å². The lowest BCUT2D eigenvalue weighted by molar-refractivity contribution is 1.04. The van der Waals surface area contributed by atoms with Crippen LogP contribution in [-0.2, 0) is 6.42 Å². The summed E-state index contributed by atoms with van der Waals surface area (Å²) in [5.41, 5.74) is 5.01. The summed E-state index contributed by atoms with van der Waals surface area (Å²) in [5, 5.41) is 6.80. The molecule has 76 valence electrons. The first-order valence-corrected chi connectivity index (χ1v) is 5.26. The van der Waals surface area contributed by atoms with Crippen LogP contribution in [0.2, 0.25) is 0 Å². The summed E-state index contributed by atoms with van der Waals surface area (Å²) in [6.07, 6.45) is 6.78. The monoisotopic (exact) mass is 199 g/mol. The van der Waals surface area contributed by atoms with Crippen molar-refractivity contribution in [3.8, 4) is 0 Å². The van der Waals surface area contributed by atoms with Crippen LogP contribution in [0.5, 0.6) is 0 Å². The van der Waals surface area contributed by atoms with Gasteiger partial charge in [-0.3, -0.25) is 4.99 Å². The molecule has 0 bridgehead atoms. The van der Waals surface area contributed by atoms with E-state index in [0.717, 1.165) is 19.5 Å². The molecule has 3 nitrogen and oxygen atoms in total. The first kappa shape index (κ1) is 8.53. The third kappa shape index (κ3) is 1.50. The second-order valence-corrected chi connectivity index (χ2v) is 3.80. The predicted octanol–water partition coefficient (Wildman–Crippen LogP) is 2.12. The summed E-state index contributed by atoms with van der Waals surface area (Å²) in [6, 6.07) is 4.42. The molecule has 3 heteroatoms. The molecule has 2 aliphatic heterocycles. The van der Waals surface area contributed by atoms with E-state index in [-0.39, 0.29) is 0 Å². The van der Waals surface area contributed by atoms with Gasteiger partial charge < -0.3 is 10.6 Å². The molecule has 0 saturated heterocycles. The standard InChI is InChI=1S/C12H13N3/c1-3-13-4-2-10-8-12-11(7-9(1)10)14-5-6-15-12/h1,3-4,7-8,14-15H,2,5-6H2. The fourth-order valence-electron chi connectivity index (χ4n) is 2.02. The van der Waals surface area contributed by atoms with Crippen LogP contribution < -0.4 is 10.6 Å². The molecule has 0 atom stereocenters. The van der Waals surface area contributed by atoms with Crippen molar-refractivity contribution >= 4 is 23.7 Å². The summed E-state index contributed by atoms with van der Waals surface area (Å²) in [7, 11) is 0. The first-order valence-electron chi connectivity index (χ1n) is 5.26. The van der Waals surface area contributed by atoms with E-state index < -0.39 is 0 Å². The molecule has 0 radical (unpaired) electrons. The number of hydrogen-bond donors (Lipinski definition) is 2. The Morgan fingerprint density at radius 3 is 2.73 bits per heavy atom. The van der Waals surface area contributed by atoms with Crippen LogP contribution in [0.1, 0.15) is 11.1 Å². The quantitative estimate of drug-likeness (QED) is 0.671. The van der Waals surface area contributed by atoms with Gasteiger partial charge in [0.25, 0.3) is 0 Å². The van der Waals surface area contributed by atoms with Gasteiger partial charge in [-0.1, -0.05) is 0 Å². The zero-order valence-corrected chi connectivity index (χ0v) is 8.46. The highest BCUT2D eigenvalue weighted by atomic mass is 15.0. The molecule has 0 fully saturated rings. The normalized spacial score (nSPS) is 17.1. The topological polar surface area (TPSA) is 36.4 Å². The van der Waals surface area contributed by atoms with Gasteiger partial charge in [0.2, 0.25) is 0 Å². The van der Waals surface area contributed by atoms with Crippen LogP contribution in [0.3, 0.4) is 0 Å². The van der Waals surface area contributed by atoms with Gasteiger partial charge in [0, 0.05) is 31.9 Å². The zero-order chi connectivity index (χ0) is 10.1. The maximum absolute atomic E-state index is 4.17. The number of aliphatic imine (C=N–C) groups is 1. The second kappa shape index (κ2) is 3.42. The minimum atomic E-state index is 0.914. The van der Waals surface area contributed by atoms with Crippen molar-refractivity contribution in [2.24, 2.45) is 4.99 Å². The van der Waals surface area contributed by atoms with E-state index in [2.05, 4.69) is 33.8 Å². The Labute approximate surface area is 88.9 Å². The largest absolute Gasteiger partial charge is 0.382 e. The lowest BCUT2D eigenvalue weighted by Gasteiger charge is -2.21. The van der Waals surface area contributed by atoms with E-state index in [9.17, 15) is 0 Å². The first-order chi connectivity index (χ1) is 7.43. The number of nitrogens with zero attached hydrogens (tertiary/aromatic N) is 1. The molecule has 2 heterocycles. The van der Waals surface area contributed by atoms with Crippen molar-refractivity contribution in [3.05, 3.63) is 29.5 Å². The highest BCUT2D eigenvalue weighted by molar-refractivity contribution is 5.79. The van der Waals surface area contributed by atoms with Gasteiger partial charge in [-0.05, 0) is 29.3 Å². The van der Waals surface area contributed by atoms with Crippen molar-refractivity contribution in [1.82, 2.24) is 0 Å². The average molecular weight is 199 g/mol. The molecule has 2 aliphatic rings. The van der Waals surface area contributed by atoms with Gasteiger partial charge in [0.1, 0.15) is 0 Å². The Kier molecular flexibility index (Phi) is 1.95. The van der Waals surface area contributed by atoms with Gasteiger partial charge in [-0.15, -0.1) is 0 Å². The number of fused-ring (bicyclic) bond motifs is 2. The van der Waals surface area contributed by atoms with Crippen molar-refractivity contribution in [1.29, 1.82) is 0 Å². The SMILES string of the molecule is C1=Cc2cc3c(cc2CC=N1)NCCN3. The van der Waals surface area contributed by atoms with E-state index in [1.165, 1.54) is 22.5 Å². The number of anilines is 2. The summed E-state index contributed by atoms with van der Waals surface area (Å²) in [4.78, 5) is 4.17. The molecule has 0 spiro atoms. The molecule has 1 aromatic rings. The number of nitrogens with one attached hydrogen (secondary N) is 2. The minimum absolute atomic E-state index is 0.914. The molecular weight excluding hydrogens is 186 g/mol.